The molecule has 0 saturated heterocycles. The van der Waals surface area contributed by atoms with Crippen molar-refractivity contribution < 1.29 is 4.74 Å². The SMILES string of the molecule is CCc1nnc2ccc(OC3CCCCC3)nn12. The molecule has 0 radical (unpaired) electrons. The first-order chi connectivity index (χ1) is 8.86. The molecule has 1 aliphatic rings. The Hall–Kier alpha value is -1.65. The summed E-state index contributed by atoms with van der Waals surface area (Å²) in [4.78, 5) is 0. The third-order valence-electron chi connectivity index (χ3n) is 3.46. The number of hydrogen-bond donors (Lipinski definition) is 0. The van der Waals surface area contributed by atoms with Crippen molar-refractivity contribution in [2.75, 3.05) is 0 Å². The molecule has 1 fully saturated rings. The molecule has 2 aromatic heterocycles. The van der Waals surface area contributed by atoms with Gasteiger partial charge in [0.2, 0.25) is 5.88 Å². The van der Waals surface area contributed by atoms with Crippen molar-refractivity contribution in [1.82, 2.24) is 19.8 Å². The van der Waals surface area contributed by atoms with Crippen LogP contribution in [0.5, 0.6) is 5.88 Å². The Kier molecular flexibility index (Phi) is 3.13. The van der Waals surface area contributed by atoms with Gasteiger partial charge in [0.1, 0.15) is 6.10 Å². The standard InChI is InChI=1S/C13H18N4O/c1-2-11-14-15-12-8-9-13(16-17(11)12)18-10-6-4-3-5-7-10/h8-10H,2-7H2,1H3. The molecule has 5 nitrogen and oxygen atoms in total. The molecule has 0 aliphatic heterocycles. The van der Waals surface area contributed by atoms with Gasteiger partial charge in [-0.25, -0.2) is 0 Å². The van der Waals surface area contributed by atoms with Crippen molar-refractivity contribution in [2.45, 2.75) is 51.6 Å². The first-order valence-corrected chi connectivity index (χ1v) is 6.75. The predicted molar refractivity (Wildman–Crippen MR) is 67.7 cm³/mol. The third kappa shape index (κ3) is 2.17. The molecule has 0 unspecified atom stereocenters. The first-order valence-electron chi connectivity index (χ1n) is 6.75. The summed E-state index contributed by atoms with van der Waals surface area (Å²) in [6.07, 6.45) is 7.29. The van der Waals surface area contributed by atoms with E-state index in [2.05, 4.69) is 15.3 Å². The van der Waals surface area contributed by atoms with Crippen LogP contribution in [0.15, 0.2) is 12.1 Å². The lowest BCUT2D eigenvalue weighted by Crippen LogP contribution is -2.20. The molecule has 1 aliphatic carbocycles. The van der Waals surface area contributed by atoms with Gasteiger partial charge in [-0.3, -0.25) is 0 Å². The van der Waals surface area contributed by atoms with E-state index in [1.807, 2.05) is 19.1 Å². The highest BCUT2D eigenvalue weighted by atomic mass is 16.5. The fourth-order valence-electron chi connectivity index (χ4n) is 2.45. The highest BCUT2D eigenvalue weighted by molar-refractivity contribution is 5.37. The van der Waals surface area contributed by atoms with E-state index in [0.717, 1.165) is 30.7 Å². The molecule has 0 bridgehead atoms. The second kappa shape index (κ2) is 4.92. The van der Waals surface area contributed by atoms with Gasteiger partial charge in [-0.15, -0.1) is 15.3 Å². The summed E-state index contributed by atoms with van der Waals surface area (Å²) in [6, 6.07) is 3.80. The molecule has 0 aromatic carbocycles. The molecule has 0 atom stereocenters. The highest BCUT2D eigenvalue weighted by Crippen LogP contribution is 2.22. The molecule has 96 valence electrons. The third-order valence-corrected chi connectivity index (χ3v) is 3.46. The van der Waals surface area contributed by atoms with Crippen LogP contribution in [0, 0.1) is 0 Å². The summed E-state index contributed by atoms with van der Waals surface area (Å²) in [7, 11) is 0. The van der Waals surface area contributed by atoms with E-state index in [9.17, 15) is 0 Å². The molecule has 3 rings (SSSR count). The lowest BCUT2D eigenvalue weighted by atomic mass is 9.98. The van der Waals surface area contributed by atoms with Crippen LogP contribution in [0.4, 0.5) is 0 Å². The van der Waals surface area contributed by atoms with E-state index in [4.69, 9.17) is 4.74 Å². The Morgan fingerprint density at radius 1 is 1.22 bits per heavy atom. The van der Waals surface area contributed by atoms with Gasteiger partial charge in [0.05, 0.1) is 0 Å². The van der Waals surface area contributed by atoms with Crippen LogP contribution in [-0.4, -0.2) is 25.9 Å². The van der Waals surface area contributed by atoms with Crippen LogP contribution in [-0.2, 0) is 6.42 Å². The van der Waals surface area contributed by atoms with Crippen molar-refractivity contribution in [3.63, 3.8) is 0 Å². The van der Waals surface area contributed by atoms with E-state index in [-0.39, 0.29) is 0 Å². The van der Waals surface area contributed by atoms with Gasteiger partial charge >= 0.3 is 0 Å². The minimum Gasteiger partial charge on any atom is -0.473 e. The summed E-state index contributed by atoms with van der Waals surface area (Å²) in [5.41, 5.74) is 0.780. The summed E-state index contributed by atoms with van der Waals surface area (Å²) in [5.74, 6) is 1.56. The Bertz CT molecular complexity index is 531. The Morgan fingerprint density at radius 2 is 2.06 bits per heavy atom. The molecule has 0 amide bonds. The van der Waals surface area contributed by atoms with Gasteiger partial charge in [0, 0.05) is 12.5 Å². The fourth-order valence-corrected chi connectivity index (χ4v) is 2.45. The Balaban J connectivity index is 1.83. The van der Waals surface area contributed by atoms with Crippen LogP contribution in [0.2, 0.25) is 0 Å². The average Bonchev–Trinajstić information content (AvgIpc) is 2.82. The highest BCUT2D eigenvalue weighted by Gasteiger charge is 2.16. The van der Waals surface area contributed by atoms with Gasteiger partial charge in [-0.1, -0.05) is 13.3 Å². The Morgan fingerprint density at radius 3 is 2.83 bits per heavy atom. The maximum Gasteiger partial charge on any atom is 0.232 e. The van der Waals surface area contributed by atoms with E-state index in [1.54, 1.807) is 4.52 Å². The van der Waals surface area contributed by atoms with E-state index in [0.29, 0.717) is 12.0 Å². The summed E-state index contributed by atoms with van der Waals surface area (Å²) >= 11 is 0. The van der Waals surface area contributed by atoms with Gasteiger partial charge in [0.15, 0.2) is 11.5 Å². The van der Waals surface area contributed by atoms with Crippen molar-refractivity contribution in [1.29, 1.82) is 0 Å². The summed E-state index contributed by atoms with van der Waals surface area (Å²) in [5, 5.41) is 12.6. The zero-order valence-electron chi connectivity index (χ0n) is 10.7. The topological polar surface area (TPSA) is 52.3 Å². The second-order valence-electron chi connectivity index (χ2n) is 4.79. The number of fused-ring (bicyclic) bond motifs is 1. The number of nitrogens with zero attached hydrogens (tertiary/aromatic N) is 4. The van der Waals surface area contributed by atoms with Crippen LogP contribution < -0.4 is 4.74 Å². The molecule has 0 spiro atoms. The van der Waals surface area contributed by atoms with Crippen LogP contribution in [0.3, 0.4) is 0 Å². The van der Waals surface area contributed by atoms with Gasteiger partial charge in [0.25, 0.3) is 0 Å². The minimum absolute atomic E-state index is 0.324. The number of ether oxygens (including phenoxy) is 1. The van der Waals surface area contributed by atoms with Crippen LogP contribution in [0.1, 0.15) is 44.9 Å². The lowest BCUT2D eigenvalue weighted by molar-refractivity contribution is 0.146. The Labute approximate surface area is 106 Å². The molecule has 2 heterocycles. The van der Waals surface area contributed by atoms with Gasteiger partial charge < -0.3 is 4.74 Å². The predicted octanol–water partition coefficient (Wildman–Crippen LogP) is 2.40. The second-order valence-corrected chi connectivity index (χ2v) is 4.79. The number of rotatable bonds is 3. The van der Waals surface area contributed by atoms with Crippen molar-refractivity contribution in [2.24, 2.45) is 0 Å². The smallest absolute Gasteiger partial charge is 0.232 e. The zero-order chi connectivity index (χ0) is 12.4. The molecular formula is C13H18N4O. The molecule has 2 aromatic rings. The number of hydrogen-bond acceptors (Lipinski definition) is 4. The monoisotopic (exact) mass is 246 g/mol. The van der Waals surface area contributed by atoms with E-state index < -0.39 is 0 Å². The first kappa shape index (κ1) is 11.4. The molecule has 5 heteroatoms. The fraction of sp³-hybridized carbons (Fsp3) is 0.615. The molecule has 18 heavy (non-hydrogen) atoms. The average molecular weight is 246 g/mol. The molecule has 0 N–H and O–H groups in total. The van der Waals surface area contributed by atoms with E-state index in [1.165, 1.54) is 19.3 Å². The van der Waals surface area contributed by atoms with Crippen molar-refractivity contribution in [3.05, 3.63) is 18.0 Å². The number of aryl methyl sites for hydroxylation is 1. The maximum atomic E-state index is 5.94. The van der Waals surface area contributed by atoms with Gasteiger partial charge in [-0.2, -0.15) is 4.52 Å². The van der Waals surface area contributed by atoms with Crippen LogP contribution in [0.25, 0.3) is 5.65 Å². The van der Waals surface area contributed by atoms with Gasteiger partial charge in [-0.05, 0) is 31.7 Å². The summed E-state index contributed by atoms with van der Waals surface area (Å²) < 4.78 is 7.72. The molecular weight excluding hydrogens is 228 g/mol. The van der Waals surface area contributed by atoms with Crippen molar-refractivity contribution in [3.8, 4) is 5.88 Å². The quantitative estimate of drug-likeness (QED) is 0.834. The van der Waals surface area contributed by atoms with Crippen LogP contribution >= 0.6 is 0 Å². The lowest BCUT2D eigenvalue weighted by Gasteiger charge is -2.22. The van der Waals surface area contributed by atoms with Crippen molar-refractivity contribution >= 4 is 5.65 Å². The minimum atomic E-state index is 0.324. The molecule has 1 saturated carbocycles. The largest absolute Gasteiger partial charge is 0.473 e. The summed E-state index contributed by atoms with van der Waals surface area (Å²) in [6.45, 7) is 2.05. The normalized spacial score (nSPS) is 17.2. The zero-order valence-corrected chi connectivity index (χ0v) is 10.7. The van der Waals surface area contributed by atoms with E-state index >= 15 is 0 Å². The maximum absolute atomic E-state index is 5.94. The number of aromatic nitrogens is 4.